The highest BCUT2D eigenvalue weighted by Crippen LogP contribution is 2.30. The third kappa shape index (κ3) is 4.22. The lowest BCUT2D eigenvalue weighted by atomic mass is 9.95. The second-order valence-electron chi connectivity index (χ2n) is 7.59. The number of H-pyrrole nitrogens is 1. The summed E-state index contributed by atoms with van der Waals surface area (Å²) in [6.07, 6.45) is 7.68. The van der Waals surface area contributed by atoms with E-state index in [0.29, 0.717) is 11.8 Å². The van der Waals surface area contributed by atoms with Gasteiger partial charge in [-0.2, -0.15) is 0 Å². The zero-order valence-electron chi connectivity index (χ0n) is 16.4. The van der Waals surface area contributed by atoms with E-state index in [2.05, 4.69) is 41.3 Å². The zero-order chi connectivity index (χ0) is 19.5. The van der Waals surface area contributed by atoms with E-state index in [9.17, 15) is 4.79 Å². The van der Waals surface area contributed by atoms with E-state index in [1.54, 1.807) is 6.20 Å². The summed E-state index contributed by atoms with van der Waals surface area (Å²) < 4.78 is 0. The van der Waals surface area contributed by atoms with Crippen LogP contribution in [0.5, 0.6) is 0 Å². The second kappa shape index (κ2) is 8.35. The Kier molecular flexibility index (Phi) is 5.67. The quantitative estimate of drug-likeness (QED) is 0.611. The molecule has 2 heterocycles. The van der Waals surface area contributed by atoms with Crippen LogP contribution in [0.1, 0.15) is 43.2 Å². The lowest BCUT2D eigenvalue weighted by molar-refractivity contribution is -0.119. The number of aromatic amines is 1. The first-order chi connectivity index (χ1) is 13.6. The number of nitrogens with one attached hydrogen (secondary N) is 2. The molecule has 1 aromatic carbocycles. The van der Waals surface area contributed by atoms with Crippen molar-refractivity contribution >= 4 is 28.7 Å². The molecule has 1 aliphatic rings. The largest absolute Gasteiger partial charge is 0.353 e. The van der Waals surface area contributed by atoms with Crippen molar-refractivity contribution in [2.75, 3.05) is 5.75 Å². The minimum Gasteiger partial charge on any atom is -0.353 e. The van der Waals surface area contributed by atoms with Gasteiger partial charge < -0.3 is 10.3 Å². The van der Waals surface area contributed by atoms with Gasteiger partial charge in [0.25, 0.3) is 0 Å². The van der Waals surface area contributed by atoms with Crippen LogP contribution < -0.4 is 5.32 Å². The summed E-state index contributed by atoms with van der Waals surface area (Å²) in [5.41, 5.74) is 5.37. The van der Waals surface area contributed by atoms with E-state index >= 15 is 0 Å². The molecular formula is C22H26N4OS. The third-order valence-electron chi connectivity index (χ3n) is 5.43. The lowest BCUT2D eigenvalue weighted by Gasteiger charge is -2.22. The molecule has 3 aromatic rings. The third-order valence-corrected chi connectivity index (χ3v) is 6.44. The molecule has 0 unspecified atom stereocenters. The van der Waals surface area contributed by atoms with Crippen LogP contribution in [0.2, 0.25) is 0 Å². The van der Waals surface area contributed by atoms with Gasteiger partial charge in [0.2, 0.25) is 5.91 Å². The van der Waals surface area contributed by atoms with Crippen LogP contribution >= 0.6 is 11.8 Å². The van der Waals surface area contributed by atoms with Crippen LogP contribution in [-0.2, 0) is 4.79 Å². The number of aryl methyl sites for hydroxylation is 2. The predicted molar refractivity (Wildman–Crippen MR) is 115 cm³/mol. The molecule has 6 heteroatoms. The average Bonchev–Trinajstić information content (AvgIpc) is 3.10. The lowest BCUT2D eigenvalue weighted by Crippen LogP contribution is -2.37. The zero-order valence-corrected chi connectivity index (χ0v) is 17.2. The number of pyridine rings is 1. The van der Waals surface area contributed by atoms with Crippen LogP contribution in [0.3, 0.4) is 0 Å². The molecule has 0 aliphatic heterocycles. The Morgan fingerprint density at radius 3 is 2.82 bits per heavy atom. The summed E-state index contributed by atoms with van der Waals surface area (Å²) >= 11 is 1.47. The molecule has 146 valence electrons. The highest BCUT2D eigenvalue weighted by molar-refractivity contribution is 8.00. The number of hydrogen-bond donors (Lipinski definition) is 2. The van der Waals surface area contributed by atoms with Gasteiger partial charge in [0.1, 0.15) is 10.9 Å². The Bertz CT molecular complexity index is 952. The molecule has 2 aromatic heterocycles. The van der Waals surface area contributed by atoms with E-state index in [0.717, 1.165) is 40.3 Å². The fraction of sp³-hybridized carbons (Fsp3) is 0.409. The normalized spacial score (nSPS) is 15.1. The maximum Gasteiger partial charge on any atom is 0.230 e. The number of aromatic nitrogens is 3. The van der Waals surface area contributed by atoms with Gasteiger partial charge in [-0.1, -0.05) is 31.0 Å². The van der Waals surface area contributed by atoms with Gasteiger partial charge in [0.15, 0.2) is 0 Å². The predicted octanol–water partition coefficient (Wildman–Crippen LogP) is 4.78. The first-order valence-corrected chi connectivity index (χ1v) is 10.9. The Balaban J connectivity index is 1.50. The van der Waals surface area contributed by atoms with Crippen LogP contribution in [0.4, 0.5) is 0 Å². The summed E-state index contributed by atoms with van der Waals surface area (Å²) in [5.74, 6) is 1.26. The minimum atomic E-state index is 0.0874. The Morgan fingerprint density at radius 1 is 1.21 bits per heavy atom. The van der Waals surface area contributed by atoms with Crippen LogP contribution in [0, 0.1) is 13.8 Å². The summed E-state index contributed by atoms with van der Waals surface area (Å²) in [4.78, 5) is 25.0. The smallest absolute Gasteiger partial charge is 0.230 e. The number of rotatable bonds is 5. The average molecular weight is 395 g/mol. The van der Waals surface area contributed by atoms with E-state index in [4.69, 9.17) is 4.98 Å². The molecule has 0 radical (unpaired) electrons. The van der Waals surface area contributed by atoms with Crippen molar-refractivity contribution in [3.63, 3.8) is 0 Å². The molecule has 1 amide bonds. The van der Waals surface area contributed by atoms with Crippen molar-refractivity contribution in [3.05, 3.63) is 41.6 Å². The van der Waals surface area contributed by atoms with Crippen LogP contribution in [0.25, 0.3) is 22.4 Å². The van der Waals surface area contributed by atoms with Gasteiger partial charge in [-0.05, 0) is 62.1 Å². The maximum atomic E-state index is 12.4. The Labute approximate surface area is 169 Å². The van der Waals surface area contributed by atoms with Gasteiger partial charge >= 0.3 is 0 Å². The summed E-state index contributed by atoms with van der Waals surface area (Å²) in [6.45, 7) is 4.20. The molecule has 0 atom stereocenters. The van der Waals surface area contributed by atoms with E-state index in [-0.39, 0.29) is 5.91 Å². The molecule has 1 saturated carbocycles. The first kappa shape index (κ1) is 19.0. The number of thioether (sulfide) groups is 1. The highest BCUT2D eigenvalue weighted by Gasteiger charge is 2.17. The first-order valence-electron chi connectivity index (χ1n) is 9.94. The second-order valence-corrected chi connectivity index (χ2v) is 8.55. The summed E-state index contributed by atoms with van der Waals surface area (Å²) in [6, 6.07) is 8.48. The van der Waals surface area contributed by atoms with Gasteiger partial charge in [-0.15, -0.1) is 0 Å². The van der Waals surface area contributed by atoms with E-state index < -0.39 is 0 Å². The molecule has 2 N–H and O–H groups in total. The van der Waals surface area contributed by atoms with Gasteiger partial charge in [0.05, 0.1) is 16.8 Å². The molecule has 0 spiro atoms. The molecule has 0 saturated heterocycles. The SMILES string of the molecule is Cc1cc2nc(-c3cccnc3SCC(=O)NC3CCCCC3)[nH]c2cc1C. The monoisotopic (exact) mass is 394 g/mol. The standard InChI is InChI=1S/C22H26N4OS/c1-14-11-18-19(12-15(14)2)26-21(25-18)17-9-6-10-23-22(17)28-13-20(27)24-16-7-4-3-5-8-16/h6,9-12,16H,3-5,7-8,13H2,1-2H3,(H,24,27)(H,25,26). The number of nitrogens with zero attached hydrogens (tertiary/aromatic N) is 2. The van der Waals surface area contributed by atoms with Gasteiger partial charge in [-0.3, -0.25) is 4.79 Å². The minimum absolute atomic E-state index is 0.0874. The van der Waals surface area contributed by atoms with Gasteiger partial charge in [-0.25, -0.2) is 9.97 Å². The fourth-order valence-electron chi connectivity index (χ4n) is 3.73. The van der Waals surface area contributed by atoms with E-state index in [1.165, 1.54) is 42.2 Å². The number of imidazole rings is 1. The molecule has 5 nitrogen and oxygen atoms in total. The number of carbonyl (C=O) groups is 1. The number of hydrogen-bond acceptors (Lipinski definition) is 4. The number of carbonyl (C=O) groups excluding carboxylic acids is 1. The fourth-order valence-corrected chi connectivity index (χ4v) is 4.54. The molecule has 28 heavy (non-hydrogen) atoms. The highest BCUT2D eigenvalue weighted by atomic mass is 32.2. The van der Waals surface area contributed by atoms with Crippen molar-refractivity contribution in [3.8, 4) is 11.4 Å². The number of amides is 1. The van der Waals surface area contributed by atoms with Crippen molar-refractivity contribution in [1.82, 2.24) is 20.3 Å². The van der Waals surface area contributed by atoms with Crippen molar-refractivity contribution in [1.29, 1.82) is 0 Å². The number of fused-ring (bicyclic) bond motifs is 1. The molecule has 1 aliphatic carbocycles. The number of benzene rings is 1. The Morgan fingerprint density at radius 2 is 2.00 bits per heavy atom. The van der Waals surface area contributed by atoms with Crippen LogP contribution in [-0.4, -0.2) is 32.7 Å². The maximum absolute atomic E-state index is 12.4. The van der Waals surface area contributed by atoms with Gasteiger partial charge in [0, 0.05) is 17.8 Å². The molecule has 1 fully saturated rings. The topological polar surface area (TPSA) is 70.7 Å². The summed E-state index contributed by atoms with van der Waals surface area (Å²) in [5, 5.41) is 4.00. The molecular weight excluding hydrogens is 368 g/mol. The summed E-state index contributed by atoms with van der Waals surface area (Å²) in [7, 11) is 0. The van der Waals surface area contributed by atoms with Crippen LogP contribution in [0.15, 0.2) is 35.5 Å². The van der Waals surface area contributed by atoms with E-state index in [1.807, 2.05) is 12.1 Å². The molecule has 0 bridgehead atoms. The van der Waals surface area contributed by atoms with Crippen molar-refractivity contribution < 1.29 is 4.79 Å². The Hall–Kier alpha value is -2.34. The van der Waals surface area contributed by atoms with Crippen molar-refractivity contribution in [2.45, 2.75) is 57.0 Å². The van der Waals surface area contributed by atoms with Crippen molar-refractivity contribution in [2.24, 2.45) is 0 Å². The molecule has 4 rings (SSSR count).